The minimum atomic E-state index is -1.18. The van der Waals surface area contributed by atoms with Crippen LogP contribution in [0.4, 0.5) is 0 Å². The van der Waals surface area contributed by atoms with Crippen molar-refractivity contribution in [3.63, 3.8) is 0 Å². The summed E-state index contributed by atoms with van der Waals surface area (Å²) in [5.41, 5.74) is 0. The minimum Gasteiger partial charge on any atom is -0.475 e. The molecule has 0 bridgehead atoms. The zero-order valence-electron chi connectivity index (χ0n) is 10.3. The third-order valence-electron chi connectivity index (χ3n) is 2.93. The summed E-state index contributed by atoms with van der Waals surface area (Å²) in [5, 5.41) is 8.76. The highest BCUT2D eigenvalue weighted by atomic mass is 16.5. The van der Waals surface area contributed by atoms with Crippen molar-refractivity contribution in [3.05, 3.63) is 23.7 Å². The Labute approximate surface area is 104 Å². The number of carbonyl (C=O) groups excluding carboxylic acids is 1. The lowest BCUT2D eigenvalue weighted by Crippen LogP contribution is -2.52. The van der Waals surface area contributed by atoms with Crippen LogP contribution in [0.1, 0.15) is 35.0 Å². The largest absolute Gasteiger partial charge is 0.475 e. The van der Waals surface area contributed by atoms with Gasteiger partial charge >= 0.3 is 5.97 Å². The topological polar surface area (TPSA) is 80.0 Å². The number of furan rings is 1. The van der Waals surface area contributed by atoms with E-state index in [2.05, 4.69) is 0 Å². The van der Waals surface area contributed by atoms with Crippen molar-refractivity contribution < 1.29 is 23.8 Å². The molecule has 1 amide bonds. The molecule has 2 rings (SSSR count). The van der Waals surface area contributed by atoms with Crippen LogP contribution >= 0.6 is 0 Å². The number of carbonyl (C=O) groups is 2. The molecule has 1 aromatic rings. The zero-order chi connectivity index (χ0) is 13.3. The van der Waals surface area contributed by atoms with Gasteiger partial charge in [-0.1, -0.05) is 0 Å². The van der Waals surface area contributed by atoms with E-state index >= 15 is 0 Å². The van der Waals surface area contributed by atoms with E-state index in [-0.39, 0.29) is 29.5 Å². The lowest BCUT2D eigenvalue weighted by atomic mass is 10.1. The van der Waals surface area contributed by atoms with Crippen LogP contribution in [0.15, 0.2) is 16.5 Å². The molecule has 6 heteroatoms. The number of ether oxygens (including phenoxy) is 1. The maximum absolute atomic E-state index is 12.2. The summed E-state index contributed by atoms with van der Waals surface area (Å²) in [4.78, 5) is 24.6. The Hall–Kier alpha value is -1.82. The molecule has 0 spiro atoms. The van der Waals surface area contributed by atoms with Gasteiger partial charge in [0.15, 0.2) is 5.76 Å². The van der Waals surface area contributed by atoms with Crippen molar-refractivity contribution in [2.45, 2.75) is 25.9 Å². The molecule has 0 aliphatic carbocycles. The molecule has 1 aromatic heterocycles. The maximum atomic E-state index is 12.2. The van der Waals surface area contributed by atoms with Crippen LogP contribution < -0.4 is 0 Å². The smallest absolute Gasteiger partial charge is 0.371 e. The molecule has 2 atom stereocenters. The fourth-order valence-electron chi connectivity index (χ4n) is 2.10. The standard InChI is InChI=1S/C12H15NO5/c1-7-5-17-6-8(2)13(7)11(14)9-3-4-10(18-9)12(15)16/h3-4,7-8H,5-6H2,1-2H3,(H,15,16). The first-order valence-electron chi connectivity index (χ1n) is 5.74. The average Bonchev–Trinajstić information content (AvgIpc) is 2.77. The van der Waals surface area contributed by atoms with Gasteiger partial charge in [-0.25, -0.2) is 4.79 Å². The first-order chi connectivity index (χ1) is 8.50. The monoisotopic (exact) mass is 253 g/mol. The Bertz CT molecular complexity index is 457. The number of hydrogen-bond acceptors (Lipinski definition) is 4. The summed E-state index contributed by atoms with van der Waals surface area (Å²) < 4.78 is 10.4. The Morgan fingerprint density at radius 3 is 2.28 bits per heavy atom. The molecule has 1 aliphatic rings. The van der Waals surface area contributed by atoms with Gasteiger partial charge in [0.05, 0.1) is 25.3 Å². The van der Waals surface area contributed by atoms with E-state index < -0.39 is 5.97 Å². The van der Waals surface area contributed by atoms with E-state index in [1.54, 1.807) is 4.90 Å². The van der Waals surface area contributed by atoms with Gasteiger partial charge in [-0.3, -0.25) is 4.79 Å². The SMILES string of the molecule is CC1COCC(C)N1C(=O)c1ccc(C(=O)O)o1. The highest BCUT2D eigenvalue weighted by Gasteiger charge is 2.32. The van der Waals surface area contributed by atoms with E-state index in [1.807, 2.05) is 13.8 Å². The summed E-state index contributed by atoms with van der Waals surface area (Å²) in [7, 11) is 0. The molecule has 1 saturated heterocycles. The van der Waals surface area contributed by atoms with Gasteiger partial charge in [-0.15, -0.1) is 0 Å². The number of hydrogen-bond donors (Lipinski definition) is 1. The number of carboxylic acids is 1. The second kappa shape index (κ2) is 4.81. The second-order valence-corrected chi connectivity index (χ2v) is 4.42. The fourth-order valence-corrected chi connectivity index (χ4v) is 2.10. The van der Waals surface area contributed by atoms with E-state index in [0.717, 1.165) is 0 Å². The average molecular weight is 253 g/mol. The predicted molar refractivity (Wildman–Crippen MR) is 61.6 cm³/mol. The Morgan fingerprint density at radius 1 is 1.22 bits per heavy atom. The number of carboxylic acid groups (broad SMARTS) is 1. The first kappa shape index (κ1) is 12.6. The summed E-state index contributed by atoms with van der Waals surface area (Å²) >= 11 is 0. The fraction of sp³-hybridized carbons (Fsp3) is 0.500. The highest BCUT2D eigenvalue weighted by molar-refractivity contribution is 5.94. The number of morpholine rings is 1. The van der Waals surface area contributed by atoms with Crippen LogP contribution in [0.5, 0.6) is 0 Å². The van der Waals surface area contributed by atoms with Crippen molar-refractivity contribution in [2.24, 2.45) is 0 Å². The van der Waals surface area contributed by atoms with Crippen molar-refractivity contribution in [1.29, 1.82) is 0 Å². The third kappa shape index (κ3) is 2.24. The molecular formula is C12H15NO5. The molecule has 1 N–H and O–H groups in total. The molecule has 98 valence electrons. The van der Waals surface area contributed by atoms with Crippen LogP contribution in [-0.4, -0.2) is 47.2 Å². The molecule has 18 heavy (non-hydrogen) atoms. The lowest BCUT2D eigenvalue weighted by molar-refractivity contribution is -0.0263. The van der Waals surface area contributed by atoms with E-state index in [1.165, 1.54) is 12.1 Å². The van der Waals surface area contributed by atoms with E-state index in [4.69, 9.17) is 14.3 Å². The maximum Gasteiger partial charge on any atom is 0.371 e. The van der Waals surface area contributed by atoms with Crippen LogP contribution in [0.3, 0.4) is 0 Å². The van der Waals surface area contributed by atoms with Gasteiger partial charge in [0.1, 0.15) is 0 Å². The summed E-state index contributed by atoms with van der Waals surface area (Å²) in [6.45, 7) is 4.72. The molecule has 1 fully saturated rings. The minimum absolute atomic E-state index is 0.0491. The summed E-state index contributed by atoms with van der Waals surface area (Å²) in [6, 6.07) is 2.56. The van der Waals surface area contributed by atoms with Crippen molar-refractivity contribution in [1.82, 2.24) is 4.90 Å². The molecule has 2 unspecified atom stereocenters. The molecule has 1 aliphatic heterocycles. The normalized spacial score (nSPS) is 24.0. The molecular weight excluding hydrogens is 238 g/mol. The Kier molecular flexibility index (Phi) is 3.38. The first-order valence-corrected chi connectivity index (χ1v) is 5.74. The van der Waals surface area contributed by atoms with Gasteiger partial charge in [-0.05, 0) is 26.0 Å². The van der Waals surface area contributed by atoms with Crippen LogP contribution in [0.25, 0.3) is 0 Å². The van der Waals surface area contributed by atoms with Gasteiger partial charge in [0.25, 0.3) is 5.91 Å². The quantitative estimate of drug-likeness (QED) is 0.857. The van der Waals surface area contributed by atoms with Crippen LogP contribution in [0.2, 0.25) is 0 Å². The molecule has 2 heterocycles. The van der Waals surface area contributed by atoms with Crippen LogP contribution in [0, 0.1) is 0 Å². The van der Waals surface area contributed by atoms with Crippen molar-refractivity contribution in [3.8, 4) is 0 Å². The predicted octanol–water partition coefficient (Wildman–Crippen LogP) is 1.23. The van der Waals surface area contributed by atoms with Gasteiger partial charge in [0, 0.05) is 0 Å². The van der Waals surface area contributed by atoms with Gasteiger partial charge in [-0.2, -0.15) is 0 Å². The lowest BCUT2D eigenvalue weighted by Gasteiger charge is -2.38. The number of amides is 1. The van der Waals surface area contributed by atoms with Crippen molar-refractivity contribution >= 4 is 11.9 Å². The van der Waals surface area contributed by atoms with Gasteiger partial charge in [0.2, 0.25) is 5.76 Å². The zero-order valence-corrected chi connectivity index (χ0v) is 10.3. The molecule has 0 radical (unpaired) electrons. The van der Waals surface area contributed by atoms with E-state index in [9.17, 15) is 9.59 Å². The highest BCUT2D eigenvalue weighted by Crippen LogP contribution is 2.18. The second-order valence-electron chi connectivity index (χ2n) is 4.42. The van der Waals surface area contributed by atoms with E-state index in [0.29, 0.717) is 13.2 Å². The number of rotatable bonds is 2. The Balaban J connectivity index is 2.21. The molecule has 0 aromatic carbocycles. The van der Waals surface area contributed by atoms with Crippen molar-refractivity contribution in [2.75, 3.05) is 13.2 Å². The number of nitrogens with zero attached hydrogens (tertiary/aromatic N) is 1. The van der Waals surface area contributed by atoms with Crippen LogP contribution in [-0.2, 0) is 4.74 Å². The molecule has 6 nitrogen and oxygen atoms in total. The molecule has 0 saturated carbocycles. The summed E-state index contributed by atoms with van der Waals surface area (Å²) in [5.74, 6) is -1.66. The Morgan fingerprint density at radius 2 is 1.78 bits per heavy atom. The van der Waals surface area contributed by atoms with Gasteiger partial charge < -0.3 is 19.2 Å². The summed E-state index contributed by atoms with van der Waals surface area (Å²) in [6.07, 6.45) is 0. The third-order valence-corrected chi connectivity index (χ3v) is 2.93. The number of aromatic carboxylic acids is 1.